The van der Waals surface area contributed by atoms with E-state index in [9.17, 15) is 9.59 Å². The number of nitrogens with zero attached hydrogens (tertiary/aromatic N) is 1. The third-order valence-corrected chi connectivity index (χ3v) is 3.67. The molecule has 1 atom stereocenters. The third kappa shape index (κ3) is 2.40. The molecular formula is C15H19NO3. The van der Waals surface area contributed by atoms with Gasteiger partial charge in [-0.25, -0.2) is 4.79 Å². The van der Waals surface area contributed by atoms with E-state index in [-0.39, 0.29) is 12.0 Å². The van der Waals surface area contributed by atoms with Gasteiger partial charge in [-0.2, -0.15) is 0 Å². The minimum atomic E-state index is -0.335. The van der Waals surface area contributed by atoms with Crippen molar-refractivity contribution in [3.63, 3.8) is 0 Å². The van der Waals surface area contributed by atoms with Gasteiger partial charge in [0.15, 0.2) is 0 Å². The lowest BCUT2D eigenvalue weighted by Gasteiger charge is -2.27. The van der Waals surface area contributed by atoms with Crippen LogP contribution in [-0.4, -0.2) is 30.3 Å². The quantitative estimate of drug-likeness (QED) is 0.616. The number of hydrogen-bond donors (Lipinski definition) is 0. The average molecular weight is 261 g/mol. The molecule has 0 aliphatic carbocycles. The van der Waals surface area contributed by atoms with E-state index in [2.05, 4.69) is 18.7 Å². The fraction of sp³-hybridized carbons (Fsp3) is 0.467. The molecule has 19 heavy (non-hydrogen) atoms. The third-order valence-electron chi connectivity index (χ3n) is 3.67. The molecule has 2 rings (SSSR count). The maximum Gasteiger partial charge on any atom is 0.338 e. The number of carbonyl (C=O) groups excluding carboxylic acids is 2. The van der Waals surface area contributed by atoms with Crippen molar-refractivity contribution in [2.24, 2.45) is 0 Å². The van der Waals surface area contributed by atoms with E-state index in [0.29, 0.717) is 18.0 Å². The van der Waals surface area contributed by atoms with Gasteiger partial charge < -0.3 is 9.53 Å². The van der Waals surface area contributed by atoms with Crippen molar-refractivity contribution in [3.8, 4) is 0 Å². The Hall–Kier alpha value is -1.68. The molecule has 4 heteroatoms. The number of benzene rings is 1. The molecule has 1 aliphatic rings. The molecule has 1 unspecified atom stereocenters. The van der Waals surface area contributed by atoms with Crippen LogP contribution in [0.25, 0.3) is 0 Å². The van der Waals surface area contributed by atoms with Crippen molar-refractivity contribution in [2.75, 3.05) is 7.11 Å². The summed E-state index contributed by atoms with van der Waals surface area (Å²) in [7, 11) is 1.38. The number of fused-ring (bicyclic) bond motifs is 1. The molecule has 0 saturated heterocycles. The molecule has 0 N–H and O–H groups in total. The van der Waals surface area contributed by atoms with Gasteiger partial charge in [0.1, 0.15) is 6.29 Å². The Kier molecular flexibility index (Phi) is 4.00. The van der Waals surface area contributed by atoms with Gasteiger partial charge in [-0.3, -0.25) is 4.90 Å². The Labute approximate surface area is 113 Å². The van der Waals surface area contributed by atoms with Crippen molar-refractivity contribution >= 4 is 12.3 Å². The maximum absolute atomic E-state index is 11.9. The van der Waals surface area contributed by atoms with Gasteiger partial charge in [-0.05, 0) is 31.0 Å². The molecule has 102 valence electrons. The van der Waals surface area contributed by atoms with E-state index in [1.54, 1.807) is 6.07 Å². The highest BCUT2D eigenvalue weighted by Crippen LogP contribution is 2.39. The summed E-state index contributed by atoms with van der Waals surface area (Å²) in [5, 5.41) is 0. The fourth-order valence-corrected chi connectivity index (χ4v) is 2.79. The summed E-state index contributed by atoms with van der Waals surface area (Å²) in [6, 6.07) is 5.95. The molecule has 0 aromatic heterocycles. The van der Waals surface area contributed by atoms with Crippen LogP contribution in [-0.2, 0) is 16.1 Å². The van der Waals surface area contributed by atoms with E-state index in [1.165, 1.54) is 7.11 Å². The first-order valence-corrected chi connectivity index (χ1v) is 6.49. The van der Waals surface area contributed by atoms with Crippen LogP contribution in [0.5, 0.6) is 0 Å². The van der Waals surface area contributed by atoms with E-state index in [0.717, 1.165) is 24.0 Å². The maximum atomic E-state index is 11.9. The lowest BCUT2D eigenvalue weighted by Crippen LogP contribution is -2.30. The number of esters is 1. The van der Waals surface area contributed by atoms with E-state index in [4.69, 9.17) is 4.74 Å². The first kappa shape index (κ1) is 13.7. The van der Waals surface area contributed by atoms with Gasteiger partial charge >= 0.3 is 5.97 Å². The molecule has 1 aromatic carbocycles. The molecule has 0 saturated carbocycles. The predicted octanol–water partition coefficient (Wildman–Crippen LogP) is 2.33. The Morgan fingerprint density at radius 2 is 2.26 bits per heavy atom. The summed E-state index contributed by atoms with van der Waals surface area (Å²) in [6.07, 6.45) is 1.32. The second-order valence-corrected chi connectivity index (χ2v) is 5.05. The minimum absolute atomic E-state index is 0.0252. The second kappa shape index (κ2) is 5.53. The van der Waals surface area contributed by atoms with Crippen LogP contribution in [0.15, 0.2) is 18.2 Å². The monoisotopic (exact) mass is 261 g/mol. The first-order valence-electron chi connectivity index (χ1n) is 6.49. The summed E-state index contributed by atoms with van der Waals surface area (Å²) >= 11 is 0. The highest BCUT2D eigenvalue weighted by Gasteiger charge is 2.34. The van der Waals surface area contributed by atoms with E-state index in [1.807, 2.05) is 12.1 Å². The second-order valence-electron chi connectivity index (χ2n) is 5.05. The molecular weight excluding hydrogens is 242 g/mol. The molecule has 0 amide bonds. The lowest BCUT2D eigenvalue weighted by atomic mass is 9.96. The molecule has 0 radical (unpaired) electrons. The molecule has 0 spiro atoms. The molecule has 0 bridgehead atoms. The summed E-state index contributed by atoms with van der Waals surface area (Å²) in [6.45, 7) is 4.97. The van der Waals surface area contributed by atoms with Crippen LogP contribution in [0.1, 0.15) is 47.8 Å². The average Bonchev–Trinajstić information content (AvgIpc) is 2.77. The number of rotatable bonds is 4. The number of aldehydes is 1. The van der Waals surface area contributed by atoms with Gasteiger partial charge in [-0.15, -0.1) is 0 Å². The zero-order valence-electron chi connectivity index (χ0n) is 11.6. The predicted molar refractivity (Wildman–Crippen MR) is 71.9 cm³/mol. The first-order chi connectivity index (χ1) is 9.10. The summed E-state index contributed by atoms with van der Waals surface area (Å²) < 4.78 is 4.84. The standard InChI is InChI=1S/C15H19NO3/c1-10(2)16-9-11-5-4-6-12(15(18)19-3)14(11)13(16)7-8-17/h4-6,8,10,13H,7,9H2,1-3H3. The highest BCUT2D eigenvalue weighted by molar-refractivity contribution is 5.92. The SMILES string of the molecule is COC(=O)c1cccc2c1C(CC=O)N(C(C)C)C2. The van der Waals surface area contributed by atoms with Crippen molar-refractivity contribution in [1.29, 1.82) is 0 Å². The molecule has 4 nitrogen and oxygen atoms in total. The molecule has 1 aliphatic heterocycles. The Balaban J connectivity index is 2.49. The number of ether oxygens (including phenoxy) is 1. The molecule has 0 fully saturated rings. The number of carbonyl (C=O) groups is 2. The Morgan fingerprint density at radius 1 is 1.53 bits per heavy atom. The zero-order valence-corrected chi connectivity index (χ0v) is 11.6. The van der Waals surface area contributed by atoms with E-state index < -0.39 is 0 Å². The summed E-state index contributed by atoms with van der Waals surface area (Å²) in [4.78, 5) is 25.1. The van der Waals surface area contributed by atoms with Gasteiger partial charge in [0.05, 0.1) is 12.7 Å². The Bertz CT molecular complexity index is 496. The van der Waals surface area contributed by atoms with Crippen LogP contribution in [0.3, 0.4) is 0 Å². The van der Waals surface area contributed by atoms with Crippen LogP contribution in [0.4, 0.5) is 0 Å². The topological polar surface area (TPSA) is 46.6 Å². The van der Waals surface area contributed by atoms with Gasteiger partial charge in [0, 0.05) is 25.0 Å². The normalized spacial score (nSPS) is 18.4. The fourth-order valence-electron chi connectivity index (χ4n) is 2.79. The van der Waals surface area contributed by atoms with Crippen LogP contribution >= 0.6 is 0 Å². The van der Waals surface area contributed by atoms with Crippen molar-refractivity contribution in [2.45, 2.75) is 38.9 Å². The van der Waals surface area contributed by atoms with Crippen molar-refractivity contribution in [1.82, 2.24) is 4.90 Å². The molecule has 1 aromatic rings. The zero-order chi connectivity index (χ0) is 14.0. The smallest absolute Gasteiger partial charge is 0.338 e. The summed E-state index contributed by atoms with van der Waals surface area (Å²) in [5.74, 6) is -0.335. The van der Waals surface area contributed by atoms with Crippen LogP contribution in [0.2, 0.25) is 0 Å². The number of hydrogen-bond acceptors (Lipinski definition) is 4. The largest absolute Gasteiger partial charge is 0.465 e. The summed E-state index contributed by atoms with van der Waals surface area (Å²) in [5.41, 5.74) is 2.65. The van der Waals surface area contributed by atoms with E-state index >= 15 is 0 Å². The lowest BCUT2D eigenvalue weighted by molar-refractivity contribution is -0.109. The minimum Gasteiger partial charge on any atom is -0.465 e. The van der Waals surface area contributed by atoms with Gasteiger partial charge in [0.25, 0.3) is 0 Å². The van der Waals surface area contributed by atoms with Crippen molar-refractivity contribution < 1.29 is 14.3 Å². The number of methoxy groups -OCH3 is 1. The molecule has 1 heterocycles. The van der Waals surface area contributed by atoms with Gasteiger partial charge in [0.2, 0.25) is 0 Å². The van der Waals surface area contributed by atoms with Crippen LogP contribution in [0, 0.1) is 0 Å². The Morgan fingerprint density at radius 3 is 2.84 bits per heavy atom. The highest BCUT2D eigenvalue weighted by atomic mass is 16.5. The van der Waals surface area contributed by atoms with Crippen molar-refractivity contribution in [3.05, 3.63) is 34.9 Å². The van der Waals surface area contributed by atoms with Gasteiger partial charge in [-0.1, -0.05) is 12.1 Å². The van der Waals surface area contributed by atoms with Crippen LogP contribution < -0.4 is 0 Å².